The van der Waals surface area contributed by atoms with E-state index in [1.165, 1.54) is 21.1 Å². The second kappa shape index (κ2) is 6.04. The molecular weight excluding hydrogens is 296 g/mol. The zero-order valence-electron chi connectivity index (χ0n) is 11.7. The van der Waals surface area contributed by atoms with Gasteiger partial charge in [0.05, 0.1) is 25.0 Å². The summed E-state index contributed by atoms with van der Waals surface area (Å²) in [5.41, 5.74) is 0.518. The Labute approximate surface area is 124 Å². The predicted molar refractivity (Wildman–Crippen MR) is 76.3 cm³/mol. The molecule has 2 aromatic heterocycles. The second-order valence-electron chi connectivity index (χ2n) is 4.41. The van der Waals surface area contributed by atoms with Crippen molar-refractivity contribution in [1.82, 2.24) is 9.97 Å². The van der Waals surface area contributed by atoms with E-state index >= 15 is 0 Å². The highest BCUT2D eigenvalue weighted by molar-refractivity contribution is 7.20. The number of aliphatic carboxylic acids is 1. The maximum atomic E-state index is 12.1. The summed E-state index contributed by atoms with van der Waals surface area (Å²) >= 11 is 1.16. The van der Waals surface area contributed by atoms with Gasteiger partial charge in [0.2, 0.25) is 0 Å². The molecule has 0 aliphatic heterocycles. The van der Waals surface area contributed by atoms with Crippen molar-refractivity contribution < 1.29 is 24.2 Å². The molecule has 0 saturated carbocycles. The van der Waals surface area contributed by atoms with Crippen LogP contribution in [0.1, 0.15) is 23.0 Å². The molecule has 0 aliphatic carbocycles. The van der Waals surface area contributed by atoms with Crippen LogP contribution < -0.4 is 9.47 Å². The van der Waals surface area contributed by atoms with E-state index < -0.39 is 11.9 Å². The minimum atomic E-state index is -0.996. The molecule has 2 heterocycles. The normalized spacial score (nSPS) is 12.1. The van der Waals surface area contributed by atoms with Crippen LogP contribution >= 0.6 is 11.3 Å². The van der Waals surface area contributed by atoms with Crippen LogP contribution in [0.4, 0.5) is 0 Å². The van der Waals surface area contributed by atoms with Crippen LogP contribution in [0.2, 0.25) is 0 Å². The molecule has 7 nitrogen and oxygen atoms in total. The van der Waals surface area contributed by atoms with E-state index in [0.717, 1.165) is 11.3 Å². The van der Waals surface area contributed by atoms with E-state index in [0.29, 0.717) is 15.2 Å². The summed E-state index contributed by atoms with van der Waals surface area (Å²) in [7, 11) is 2.90. The molecule has 1 atom stereocenters. The third-order valence-corrected chi connectivity index (χ3v) is 3.94. The molecule has 0 fully saturated rings. The first-order valence-electron chi connectivity index (χ1n) is 6.11. The van der Waals surface area contributed by atoms with Crippen molar-refractivity contribution in [2.75, 3.05) is 14.2 Å². The lowest BCUT2D eigenvalue weighted by Gasteiger charge is -2.03. The van der Waals surface area contributed by atoms with Crippen LogP contribution in [0.15, 0.2) is 6.07 Å². The summed E-state index contributed by atoms with van der Waals surface area (Å²) in [6, 6.07) is 1.59. The van der Waals surface area contributed by atoms with Crippen molar-refractivity contribution in [3.63, 3.8) is 0 Å². The Balaban J connectivity index is 2.34. The average molecular weight is 310 g/mol. The molecule has 8 heteroatoms. The number of fused-ring (bicyclic) bond motifs is 1. The number of carboxylic acid groups (broad SMARTS) is 1. The summed E-state index contributed by atoms with van der Waals surface area (Å²) in [6.45, 7) is 1.50. The number of carbonyl (C=O) groups is 2. The van der Waals surface area contributed by atoms with Crippen molar-refractivity contribution in [2.24, 2.45) is 5.92 Å². The van der Waals surface area contributed by atoms with E-state index in [9.17, 15) is 9.59 Å². The first-order chi connectivity index (χ1) is 9.96. The molecular formula is C13H14N2O5S. The maximum Gasteiger partial charge on any atom is 0.306 e. The van der Waals surface area contributed by atoms with Crippen LogP contribution in [-0.2, 0) is 4.79 Å². The number of rotatable bonds is 6. The van der Waals surface area contributed by atoms with Gasteiger partial charge in [0.1, 0.15) is 10.3 Å². The SMILES string of the molecule is COc1nc2cc(C(=O)C[C@@H](C)C(=O)O)sc2nc1OC. The fraction of sp³-hybridized carbons (Fsp3) is 0.385. The van der Waals surface area contributed by atoms with Gasteiger partial charge in [-0.15, -0.1) is 11.3 Å². The number of ether oxygens (including phenoxy) is 2. The zero-order chi connectivity index (χ0) is 15.6. The third-order valence-electron chi connectivity index (χ3n) is 2.88. The Morgan fingerprint density at radius 3 is 2.48 bits per heavy atom. The van der Waals surface area contributed by atoms with Gasteiger partial charge in [-0.2, -0.15) is 4.98 Å². The van der Waals surface area contributed by atoms with Gasteiger partial charge in [-0.3, -0.25) is 9.59 Å². The van der Waals surface area contributed by atoms with Crippen LogP contribution in [-0.4, -0.2) is 41.0 Å². The second-order valence-corrected chi connectivity index (χ2v) is 5.44. The number of thiophene rings is 1. The molecule has 0 bridgehead atoms. The highest BCUT2D eigenvalue weighted by Crippen LogP contribution is 2.30. The van der Waals surface area contributed by atoms with Crippen molar-refractivity contribution >= 4 is 33.4 Å². The first kappa shape index (κ1) is 15.2. The van der Waals surface area contributed by atoms with Gasteiger partial charge in [-0.1, -0.05) is 6.92 Å². The lowest BCUT2D eigenvalue weighted by atomic mass is 10.0. The summed E-state index contributed by atoms with van der Waals surface area (Å²) in [5.74, 6) is -1.49. The Hall–Kier alpha value is -2.22. The summed E-state index contributed by atoms with van der Waals surface area (Å²) in [4.78, 5) is 32.3. The summed E-state index contributed by atoms with van der Waals surface area (Å²) in [5, 5.41) is 8.85. The highest BCUT2D eigenvalue weighted by Gasteiger charge is 2.20. The van der Waals surface area contributed by atoms with E-state index in [-0.39, 0.29) is 24.0 Å². The quantitative estimate of drug-likeness (QED) is 0.815. The molecule has 0 amide bonds. The molecule has 0 aromatic carbocycles. The molecule has 0 radical (unpaired) electrons. The van der Waals surface area contributed by atoms with Gasteiger partial charge in [0.25, 0.3) is 11.8 Å². The Kier molecular flexibility index (Phi) is 4.37. The predicted octanol–water partition coefficient (Wildman–Crippen LogP) is 2.00. The van der Waals surface area contributed by atoms with Gasteiger partial charge in [0.15, 0.2) is 5.78 Å². The number of nitrogens with zero attached hydrogens (tertiary/aromatic N) is 2. The standard InChI is InChI=1S/C13H14N2O5S/c1-6(13(17)18)4-8(16)9-5-7-12(21-9)15-11(20-3)10(14-7)19-2/h5-6H,4H2,1-3H3,(H,17,18)/t6-/m1/s1. The molecule has 2 aromatic rings. The van der Waals surface area contributed by atoms with Crippen molar-refractivity contribution in [3.05, 3.63) is 10.9 Å². The lowest BCUT2D eigenvalue weighted by molar-refractivity contribution is -0.141. The van der Waals surface area contributed by atoms with E-state index in [2.05, 4.69) is 9.97 Å². The maximum absolute atomic E-state index is 12.1. The molecule has 112 valence electrons. The topological polar surface area (TPSA) is 98.6 Å². The summed E-state index contributed by atoms with van der Waals surface area (Å²) < 4.78 is 10.1. The molecule has 0 unspecified atom stereocenters. The van der Waals surface area contributed by atoms with Gasteiger partial charge >= 0.3 is 5.97 Å². The minimum Gasteiger partial charge on any atom is -0.481 e. The van der Waals surface area contributed by atoms with E-state index in [1.54, 1.807) is 6.07 Å². The van der Waals surface area contributed by atoms with E-state index in [1.807, 2.05) is 0 Å². The summed E-state index contributed by atoms with van der Waals surface area (Å²) in [6.07, 6.45) is -0.0591. The molecule has 21 heavy (non-hydrogen) atoms. The highest BCUT2D eigenvalue weighted by atomic mass is 32.1. The number of aromatic nitrogens is 2. The van der Waals surface area contributed by atoms with Gasteiger partial charge < -0.3 is 14.6 Å². The Morgan fingerprint density at radius 1 is 1.29 bits per heavy atom. The molecule has 2 rings (SSSR count). The van der Waals surface area contributed by atoms with Crippen LogP contribution in [0.3, 0.4) is 0 Å². The smallest absolute Gasteiger partial charge is 0.306 e. The van der Waals surface area contributed by atoms with Crippen LogP contribution in [0.25, 0.3) is 10.3 Å². The van der Waals surface area contributed by atoms with E-state index in [4.69, 9.17) is 14.6 Å². The minimum absolute atomic E-state index is 0.0591. The largest absolute Gasteiger partial charge is 0.481 e. The van der Waals surface area contributed by atoms with Gasteiger partial charge in [-0.25, -0.2) is 4.98 Å². The lowest BCUT2D eigenvalue weighted by Crippen LogP contribution is -2.13. The van der Waals surface area contributed by atoms with Gasteiger partial charge in [-0.05, 0) is 6.07 Å². The van der Waals surface area contributed by atoms with Crippen molar-refractivity contribution in [1.29, 1.82) is 0 Å². The molecule has 0 spiro atoms. The third kappa shape index (κ3) is 3.10. The van der Waals surface area contributed by atoms with Crippen molar-refractivity contribution in [2.45, 2.75) is 13.3 Å². The first-order valence-corrected chi connectivity index (χ1v) is 6.93. The molecule has 0 aliphatic rings. The Morgan fingerprint density at radius 2 is 1.90 bits per heavy atom. The van der Waals surface area contributed by atoms with Crippen LogP contribution in [0.5, 0.6) is 11.8 Å². The van der Waals surface area contributed by atoms with Gasteiger partial charge in [0, 0.05) is 6.42 Å². The van der Waals surface area contributed by atoms with Crippen molar-refractivity contribution in [3.8, 4) is 11.8 Å². The molecule has 0 saturated heterocycles. The monoisotopic (exact) mass is 310 g/mol. The number of methoxy groups -OCH3 is 2. The fourth-order valence-electron chi connectivity index (χ4n) is 1.70. The number of hydrogen-bond donors (Lipinski definition) is 1. The average Bonchev–Trinajstić information content (AvgIpc) is 2.88. The number of hydrogen-bond acceptors (Lipinski definition) is 7. The number of Topliss-reactive ketones (excluding diaryl/α,β-unsaturated/α-hetero) is 1. The number of carboxylic acids is 1. The fourth-order valence-corrected chi connectivity index (χ4v) is 2.61. The van der Waals surface area contributed by atoms with Crippen LogP contribution in [0, 0.1) is 5.92 Å². The number of ketones is 1. The zero-order valence-corrected chi connectivity index (χ0v) is 12.6. The number of carbonyl (C=O) groups excluding carboxylic acids is 1. The molecule has 1 N–H and O–H groups in total. The Bertz CT molecular complexity index is 656.